The van der Waals surface area contributed by atoms with Gasteiger partial charge in [0.15, 0.2) is 0 Å². The molecule has 0 aliphatic rings. The van der Waals surface area contributed by atoms with E-state index in [1.807, 2.05) is 0 Å². The highest BCUT2D eigenvalue weighted by atomic mass is 32.2. The second kappa shape index (κ2) is 13.3. The van der Waals surface area contributed by atoms with Crippen LogP contribution in [0.1, 0.15) is 19.3 Å². The van der Waals surface area contributed by atoms with Crippen molar-refractivity contribution >= 4 is 47.5 Å². The number of rotatable bonds is 14. The van der Waals surface area contributed by atoms with E-state index in [1.54, 1.807) is 0 Å². The molecule has 0 aromatic heterocycles. The largest absolute Gasteiger partial charge is 0.481 e. The highest BCUT2D eigenvalue weighted by molar-refractivity contribution is 8.00. The monoisotopic (exact) mass is 437 g/mol. The maximum atomic E-state index is 12.1. The van der Waals surface area contributed by atoms with Gasteiger partial charge in [-0.1, -0.05) is 0 Å². The third kappa shape index (κ3) is 11.5. The Labute approximate surface area is 169 Å². The number of nitrogens with two attached hydrogens (primary N) is 1. The molecule has 0 radical (unpaired) electrons. The van der Waals surface area contributed by atoms with Crippen molar-refractivity contribution in [2.45, 2.75) is 36.6 Å². The number of carboxylic acid groups (broad SMARTS) is 3. The van der Waals surface area contributed by atoms with Crippen LogP contribution in [0.5, 0.6) is 0 Å². The van der Waals surface area contributed by atoms with Crippen molar-refractivity contribution in [3.8, 4) is 0 Å². The van der Waals surface area contributed by atoms with Crippen molar-refractivity contribution in [3.63, 3.8) is 0 Å². The first-order valence-corrected chi connectivity index (χ1v) is 9.21. The first-order valence-electron chi connectivity index (χ1n) is 8.16. The van der Waals surface area contributed by atoms with Crippen LogP contribution in [0.3, 0.4) is 0 Å². The second-order valence-electron chi connectivity index (χ2n) is 5.66. The predicted molar refractivity (Wildman–Crippen MR) is 97.9 cm³/mol. The van der Waals surface area contributed by atoms with Crippen LogP contribution in [0.2, 0.25) is 0 Å². The summed E-state index contributed by atoms with van der Waals surface area (Å²) in [5, 5.41) is 29.4. The van der Waals surface area contributed by atoms with E-state index in [1.165, 1.54) is 0 Å². The lowest BCUT2D eigenvalue weighted by molar-refractivity contribution is -0.144. The Morgan fingerprint density at radius 3 is 2.17 bits per heavy atom. The molecule has 2 amide bonds. The van der Waals surface area contributed by atoms with E-state index in [9.17, 15) is 28.8 Å². The van der Waals surface area contributed by atoms with Crippen LogP contribution in [0.25, 0.3) is 0 Å². The Morgan fingerprint density at radius 2 is 1.69 bits per heavy atom. The number of ether oxygens (including phenoxy) is 1. The molecule has 3 atom stereocenters. The Balaban J connectivity index is 5.07. The molecule has 0 unspecified atom stereocenters. The van der Waals surface area contributed by atoms with Gasteiger partial charge in [-0.3, -0.25) is 28.8 Å². The number of hydrogen-bond donors (Lipinski definition) is 6. The maximum absolute atomic E-state index is 12.1. The van der Waals surface area contributed by atoms with E-state index < -0.39 is 66.0 Å². The summed E-state index contributed by atoms with van der Waals surface area (Å²) in [5.41, 5.74) is 5.29. The lowest BCUT2D eigenvalue weighted by Gasteiger charge is -2.20. The molecule has 7 N–H and O–H groups in total. The van der Waals surface area contributed by atoms with E-state index in [0.717, 1.165) is 18.9 Å². The number of hydrogen-bond acceptors (Lipinski definition) is 9. The molecule has 0 bridgehead atoms. The van der Waals surface area contributed by atoms with Gasteiger partial charge in [-0.05, 0) is 6.42 Å². The smallest absolute Gasteiger partial charge is 0.322 e. The zero-order chi connectivity index (χ0) is 22.6. The first kappa shape index (κ1) is 26.1. The lowest BCUT2D eigenvalue weighted by atomic mass is 10.1. The molecule has 0 aliphatic heterocycles. The number of carbonyl (C=O) groups is 6. The Morgan fingerprint density at radius 1 is 1.07 bits per heavy atom. The molecule has 0 aromatic rings. The number of carboxylic acids is 3. The van der Waals surface area contributed by atoms with Gasteiger partial charge in [-0.25, -0.2) is 0 Å². The molecule has 0 spiro atoms. The molecule has 13 nitrogen and oxygen atoms in total. The van der Waals surface area contributed by atoms with E-state index in [-0.39, 0.29) is 18.6 Å². The van der Waals surface area contributed by atoms with Crippen molar-refractivity contribution < 1.29 is 48.8 Å². The van der Waals surface area contributed by atoms with Crippen LogP contribution in [0.4, 0.5) is 0 Å². The third-order valence-electron chi connectivity index (χ3n) is 3.35. The molecule has 0 aromatic carbocycles. The quantitative estimate of drug-likeness (QED) is 0.157. The molecular formula is C15H23N3O10S. The number of thioether (sulfide) groups is 1. The van der Waals surface area contributed by atoms with Gasteiger partial charge >= 0.3 is 23.9 Å². The van der Waals surface area contributed by atoms with Gasteiger partial charge in [0, 0.05) is 12.2 Å². The van der Waals surface area contributed by atoms with Crippen LogP contribution in [0.15, 0.2) is 0 Å². The number of methoxy groups -OCH3 is 1. The SMILES string of the molecule is COC(=O)[C@H](CC(=O)O)SC[C@H](NC(=O)CC[C@H](N)C(=O)O)C(=O)NCC(=O)O. The average Bonchev–Trinajstić information content (AvgIpc) is 2.64. The minimum Gasteiger partial charge on any atom is -0.481 e. The second-order valence-corrected chi connectivity index (χ2v) is 6.89. The summed E-state index contributed by atoms with van der Waals surface area (Å²) in [5.74, 6) is -6.65. The number of esters is 1. The van der Waals surface area contributed by atoms with Crippen LogP contribution < -0.4 is 16.4 Å². The molecular weight excluding hydrogens is 414 g/mol. The fraction of sp³-hybridized carbons (Fsp3) is 0.600. The summed E-state index contributed by atoms with van der Waals surface area (Å²) in [6, 6.07) is -2.59. The minimum atomic E-state index is -1.33. The highest BCUT2D eigenvalue weighted by Gasteiger charge is 2.28. The van der Waals surface area contributed by atoms with Gasteiger partial charge in [0.25, 0.3) is 0 Å². The summed E-state index contributed by atoms with van der Waals surface area (Å²) in [7, 11) is 1.06. The van der Waals surface area contributed by atoms with Crippen LogP contribution in [0, 0.1) is 0 Å². The third-order valence-corrected chi connectivity index (χ3v) is 4.64. The zero-order valence-corrected chi connectivity index (χ0v) is 16.3. The molecule has 164 valence electrons. The fourth-order valence-electron chi connectivity index (χ4n) is 1.86. The first-order chi connectivity index (χ1) is 13.5. The highest BCUT2D eigenvalue weighted by Crippen LogP contribution is 2.18. The average molecular weight is 437 g/mol. The Kier molecular flexibility index (Phi) is 12.0. The fourth-order valence-corrected chi connectivity index (χ4v) is 3.01. The van der Waals surface area contributed by atoms with E-state index in [2.05, 4.69) is 15.4 Å². The molecule has 0 fully saturated rings. The molecule has 0 rings (SSSR count). The van der Waals surface area contributed by atoms with E-state index in [0.29, 0.717) is 0 Å². The molecule has 0 aliphatic carbocycles. The Bertz CT molecular complexity index is 642. The van der Waals surface area contributed by atoms with Gasteiger partial charge in [0.05, 0.1) is 13.5 Å². The molecule has 0 saturated heterocycles. The molecule has 0 saturated carbocycles. The van der Waals surface area contributed by atoms with Crippen LogP contribution >= 0.6 is 11.8 Å². The number of aliphatic carboxylic acids is 3. The van der Waals surface area contributed by atoms with Crippen LogP contribution in [-0.2, 0) is 33.5 Å². The summed E-state index contributed by atoms with van der Waals surface area (Å²) in [6.07, 6.45) is -1.12. The van der Waals surface area contributed by atoms with Gasteiger partial charge in [-0.2, -0.15) is 0 Å². The summed E-state index contributed by atoms with van der Waals surface area (Å²) < 4.78 is 4.50. The standard InChI is InChI=1S/C15H23N3O10S/c1-28-15(27)9(4-11(20)21)29-6-8(13(24)17-5-12(22)23)18-10(19)3-2-7(16)14(25)26/h7-9H,2-6,16H2,1H3,(H,17,24)(H,18,19)(H,20,21)(H,22,23)(H,25,26)/t7-,8-,9-/m0/s1. The maximum Gasteiger partial charge on any atom is 0.322 e. The van der Waals surface area contributed by atoms with Crippen molar-refractivity contribution in [1.29, 1.82) is 0 Å². The molecule has 29 heavy (non-hydrogen) atoms. The van der Waals surface area contributed by atoms with Crippen molar-refractivity contribution in [2.24, 2.45) is 5.73 Å². The summed E-state index contributed by atoms with van der Waals surface area (Å²) >= 11 is 0.727. The van der Waals surface area contributed by atoms with Crippen molar-refractivity contribution in [3.05, 3.63) is 0 Å². The Hall–Kier alpha value is -2.87. The van der Waals surface area contributed by atoms with Gasteiger partial charge in [0.1, 0.15) is 23.9 Å². The number of nitrogens with one attached hydrogen (secondary N) is 2. The van der Waals surface area contributed by atoms with E-state index >= 15 is 0 Å². The van der Waals surface area contributed by atoms with Crippen LogP contribution in [-0.4, -0.2) is 87.8 Å². The van der Waals surface area contributed by atoms with Gasteiger partial charge in [0.2, 0.25) is 11.8 Å². The normalized spacial score (nSPS) is 13.4. The minimum absolute atomic E-state index is 0.207. The number of carbonyl (C=O) groups excluding carboxylic acids is 3. The van der Waals surface area contributed by atoms with Crippen molar-refractivity contribution in [1.82, 2.24) is 10.6 Å². The van der Waals surface area contributed by atoms with E-state index in [4.69, 9.17) is 21.1 Å². The van der Waals surface area contributed by atoms with Gasteiger partial charge < -0.3 is 36.4 Å². The lowest BCUT2D eigenvalue weighted by Crippen LogP contribution is -2.50. The predicted octanol–water partition coefficient (Wildman–Crippen LogP) is -2.39. The van der Waals surface area contributed by atoms with Gasteiger partial charge in [-0.15, -0.1) is 11.8 Å². The summed E-state index contributed by atoms with van der Waals surface area (Å²) in [4.78, 5) is 68.0. The topological polar surface area (TPSA) is 222 Å². The zero-order valence-electron chi connectivity index (χ0n) is 15.5. The van der Waals surface area contributed by atoms with Crippen molar-refractivity contribution in [2.75, 3.05) is 19.4 Å². The number of amides is 2. The molecule has 0 heterocycles. The summed E-state index contributed by atoms with van der Waals surface area (Å²) in [6.45, 7) is -0.727. The molecule has 14 heteroatoms.